The number of sulfonamides is 1. The monoisotopic (exact) mass is 551 g/mol. The number of nitrogens with zero attached hydrogens (tertiary/aromatic N) is 3. The maximum absolute atomic E-state index is 11.6. The first-order valence-corrected chi connectivity index (χ1v) is 12.4. The molecule has 1 unspecified atom stereocenters. The summed E-state index contributed by atoms with van der Waals surface area (Å²) in [5, 5.41) is 3.36. The van der Waals surface area contributed by atoms with E-state index in [1.165, 1.54) is 11.8 Å². The Balaban J connectivity index is 0.00000450. The molecular weight excluding hydrogens is 513 g/mol. The van der Waals surface area contributed by atoms with Crippen molar-refractivity contribution in [1.82, 2.24) is 19.8 Å². The summed E-state index contributed by atoms with van der Waals surface area (Å²) in [6, 6.07) is 11.1. The van der Waals surface area contributed by atoms with Crippen molar-refractivity contribution in [2.24, 2.45) is 4.99 Å². The van der Waals surface area contributed by atoms with E-state index in [-0.39, 0.29) is 24.0 Å². The number of hydrogen-bond acceptors (Lipinski definition) is 4. The van der Waals surface area contributed by atoms with E-state index in [2.05, 4.69) is 57.1 Å². The quantitative estimate of drug-likeness (QED) is 0.295. The molecule has 1 aromatic rings. The predicted molar refractivity (Wildman–Crippen MR) is 136 cm³/mol. The Morgan fingerprint density at radius 2 is 1.73 bits per heavy atom. The van der Waals surface area contributed by atoms with Crippen molar-refractivity contribution in [3.05, 3.63) is 35.9 Å². The fraction of sp³-hybridized carbons (Fsp3) is 0.667. The van der Waals surface area contributed by atoms with Crippen LogP contribution in [0.1, 0.15) is 45.7 Å². The minimum absolute atomic E-state index is 0. The van der Waals surface area contributed by atoms with Gasteiger partial charge in [0.1, 0.15) is 0 Å². The summed E-state index contributed by atoms with van der Waals surface area (Å²) in [5.41, 5.74) is 0.745. The van der Waals surface area contributed by atoms with Crippen molar-refractivity contribution >= 4 is 40.0 Å². The normalized spacial score (nSPS) is 17.4. The van der Waals surface area contributed by atoms with Gasteiger partial charge in [-0.25, -0.2) is 13.1 Å². The average Bonchev–Trinajstić information content (AvgIpc) is 2.65. The minimum Gasteiger partial charge on any atom is -0.357 e. The van der Waals surface area contributed by atoms with Crippen LogP contribution >= 0.6 is 24.0 Å². The first-order chi connectivity index (χ1) is 13.6. The standard InChI is InChI=1S/C21H37N5O2S.HI/c1-6-19(18-11-9-8-10-12-18)25-13-15-26(16-14-25)20(22-7-2)23-17-21(3,4)24-29(5,27)28;/h8-12,19,24H,6-7,13-17H2,1-5H3,(H,22,23);1H. The van der Waals surface area contributed by atoms with Gasteiger partial charge in [0.2, 0.25) is 10.0 Å². The second kappa shape index (κ2) is 12.2. The molecule has 0 bridgehead atoms. The lowest BCUT2D eigenvalue weighted by Crippen LogP contribution is -2.53. The summed E-state index contributed by atoms with van der Waals surface area (Å²) >= 11 is 0. The number of benzene rings is 1. The van der Waals surface area contributed by atoms with Crippen LogP contribution < -0.4 is 10.0 Å². The van der Waals surface area contributed by atoms with Crippen molar-refractivity contribution in [2.75, 3.05) is 45.5 Å². The molecule has 0 aliphatic carbocycles. The van der Waals surface area contributed by atoms with E-state index >= 15 is 0 Å². The first-order valence-electron chi connectivity index (χ1n) is 10.5. The Morgan fingerprint density at radius 3 is 2.23 bits per heavy atom. The zero-order valence-corrected chi connectivity index (χ0v) is 22.0. The van der Waals surface area contributed by atoms with Crippen LogP contribution in [-0.4, -0.2) is 75.2 Å². The topological polar surface area (TPSA) is 77.0 Å². The van der Waals surface area contributed by atoms with Crippen molar-refractivity contribution < 1.29 is 8.42 Å². The molecule has 1 aliphatic heterocycles. The molecule has 1 aliphatic rings. The van der Waals surface area contributed by atoms with E-state index in [4.69, 9.17) is 4.99 Å². The molecule has 9 heteroatoms. The molecule has 0 saturated carbocycles. The van der Waals surface area contributed by atoms with Crippen molar-refractivity contribution in [2.45, 2.75) is 45.7 Å². The van der Waals surface area contributed by atoms with E-state index < -0.39 is 15.6 Å². The molecule has 2 N–H and O–H groups in total. The molecule has 172 valence electrons. The Labute approximate surface area is 199 Å². The van der Waals surface area contributed by atoms with Gasteiger partial charge in [-0.15, -0.1) is 24.0 Å². The number of nitrogens with one attached hydrogen (secondary N) is 2. The fourth-order valence-corrected chi connectivity index (χ4v) is 4.93. The number of piperazine rings is 1. The third-order valence-electron chi connectivity index (χ3n) is 5.05. The van der Waals surface area contributed by atoms with Gasteiger partial charge in [0, 0.05) is 44.3 Å². The molecule has 1 heterocycles. The van der Waals surface area contributed by atoms with Crippen molar-refractivity contribution in [3.8, 4) is 0 Å². The summed E-state index contributed by atoms with van der Waals surface area (Å²) in [6.07, 6.45) is 2.27. The van der Waals surface area contributed by atoms with Gasteiger partial charge >= 0.3 is 0 Å². The third-order valence-corrected chi connectivity index (χ3v) is 5.97. The molecule has 1 aromatic carbocycles. The fourth-order valence-electron chi connectivity index (χ4n) is 3.86. The van der Waals surface area contributed by atoms with E-state index in [9.17, 15) is 8.42 Å². The van der Waals surface area contributed by atoms with Crippen LogP contribution in [0.25, 0.3) is 0 Å². The first kappa shape index (κ1) is 27.1. The van der Waals surface area contributed by atoms with Crippen molar-refractivity contribution in [3.63, 3.8) is 0 Å². The van der Waals surface area contributed by atoms with Crippen molar-refractivity contribution in [1.29, 1.82) is 0 Å². The lowest BCUT2D eigenvalue weighted by Gasteiger charge is -2.40. The van der Waals surface area contributed by atoms with E-state index in [0.717, 1.165) is 45.1 Å². The number of aliphatic imine (C=N–C) groups is 1. The molecular formula is C21H38IN5O2S. The maximum Gasteiger partial charge on any atom is 0.209 e. The van der Waals surface area contributed by atoms with Gasteiger partial charge < -0.3 is 10.2 Å². The second-order valence-electron chi connectivity index (χ2n) is 8.29. The highest BCUT2D eigenvalue weighted by Crippen LogP contribution is 2.25. The maximum atomic E-state index is 11.6. The largest absolute Gasteiger partial charge is 0.357 e. The third kappa shape index (κ3) is 8.68. The summed E-state index contributed by atoms with van der Waals surface area (Å²) in [4.78, 5) is 9.55. The van der Waals surface area contributed by atoms with Crippen LogP contribution in [0.15, 0.2) is 35.3 Å². The number of guanidine groups is 1. The van der Waals surface area contributed by atoms with E-state index in [1.807, 2.05) is 20.8 Å². The predicted octanol–water partition coefficient (Wildman–Crippen LogP) is 2.67. The summed E-state index contributed by atoms with van der Waals surface area (Å²) in [7, 11) is -3.27. The second-order valence-corrected chi connectivity index (χ2v) is 10.0. The Kier molecular flexibility index (Phi) is 11.0. The van der Waals surface area contributed by atoms with Crippen LogP contribution in [0.3, 0.4) is 0 Å². The summed E-state index contributed by atoms with van der Waals surface area (Å²) in [6.45, 7) is 12.9. The number of rotatable bonds is 8. The lowest BCUT2D eigenvalue weighted by atomic mass is 10.0. The molecule has 0 aromatic heterocycles. The zero-order valence-electron chi connectivity index (χ0n) is 18.9. The van der Waals surface area contributed by atoms with Crippen LogP contribution in [0.4, 0.5) is 0 Å². The SMILES string of the molecule is CCNC(=NCC(C)(C)NS(C)(=O)=O)N1CCN(C(CC)c2ccccc2)CC1.I. The highest BCUT2D eigenvalue weighted by atomic mass is 127. The number of hydrogen-bond donors (Lipinski definition) is 2. The molecule has 1 atom stereocenters. The molecule has 1 saturated heterocycles. The van der Waals surface area contributed by atoms with Gasteiger partial charge in [0.25, 0.3) is 0 Å². The number of halogens is 1. The molecule has 7 nitrogen and oxygen atoms in total. The van der Waals surface area contributed by atoms with Crippen LogP contribution in [0.2, 0.25) is 0 Å². The van der Waals surface area contributed by atoms with E-state index in [0.29, 0.717) is 12.6 Å². The highest BCUT2D eigenvalue weighted by molar-refractivity contribution is 14.0. The van der Waals surface area contributed by atoms with Gasteiger partial charge in [-0.1, -0.05) is 37.3 Å². The summed E-state index contributed by atoms with van der Waals surface area (Å²) in [5.74, 6) is 0.850. The molecule has 0 amide bonds. The Morgan fingerprint density at radius 1 is 1.13 bits per heavy atom. The van der Waals surface area contributed by atoms with Crippen LogP contribution in [0, 0.1) is 0 Å². The van der Waals surface area contributed by atoms with E-state index in [1.54, 1.807) is 0 Å². The molecule has 0 spiro atoms. The van der Waals surface area contributed by atoms with Gasteiger partial charge in [-0.3, -0.25) is 9.89 Å². The smallest absolute Gasteiger partial charge is 0.209 e. The van der Waals surface area contributed by atoms with Crippen LogP contribution in [0.5, 0.6) is 0 Å². The van der Waals surface area contributed by atoms with Crippen LogP contribution in [-0.2, 0) is 10.0 Å². The Hall–Kier alpha value is -0.910. The van der Waals surface area contributed by atoms with Gasteiger partial charge in [0.15, 0.2) is 5.96 Å². The molecule has 2 rings (SSSR count). The van der Waals surface area contributed by atoms with Gasteiger partial charge in [0.05, 0.1) is 12.8 Å². The zero-order chi connectivity index (χ0) is 21.5. The lowest BCUT2D eigenvalue weighted by molar-refractivity contribution is 0.127. The molecule has 0 radical (unpaired) electrons. The highest BCUT2D eigenvalue weighted by Gasteiger charge is 2.26. The van der Waals surface area contributed by atoms with Gasteiger partial charge in [-0.05, 0) is 32.8 Å². The summed E-state index contributed by atoms with van der Waals surface area (Å²) < 4.78 is 25.8. The molecule has 1 fully saturated rings. The van der Waals surface area contributed by atoms with Gasteiger partial charge in [-0.2, -0.15) is 0 Å². The Bertz CT molecular complexity index is 763. The average molecular weight is 552 g/mol. The minimum atomic E-state index is -3.27. The molecule has 30 heavy (non-hydrogen) atoms.